The average Bonchev–Trinajstić information content (AvgIpc) is 3.16. The summed E-state index contributed by atoms with van der Waals surface area (Å²) in [7, 11) is 1.66. The Hall–Kier alpha value is -1.59. The van der Waals surface area contributed by atoms with Crippen molar-refractivity contribution in [1.82, 2.24) is 14.5 Å². The van der Waals surface area contributed by atoms with Gasteiger partial charge in [0.05, 0.1) is 24.5 Å². The number of hydrogen-bond acceptors (Lipinski definition) is 4. The van der Waals surface area contributed by atoms with Crippen molar-refractivity contribution < 1.29 is 4.74 Å². The zero-order valence-electron chi connectivity index (χ0n) is 11.9. The molecule has 0 aliphatic carbocycles. The molecule has 0 bridgehead atoms. The number of halogens is 1. The Balaban J connectivity index is 2.25. The monoisotopic (exact) mass is 321 g/mol. The van der Waals surface area contributed by atoms with E-state index in [9.17, 15) is 0 Å². The van der Waals surface area contributed by atoms with Crippen LogP contribution in [-0.2, 0) is 5.88 Å². The number of nitrogens with zero attached hydrogens (tertiary/aromatic N) is 3. The van der Waals surface area contributed by atoms with Gasteiger partial charge in [-0.3, -0.25) is 0 Å². The van der Waals surface area contributed by atoms with E-state index in [1.54, 1.807) is 18.4 Å². The maximum Gasteiger partial charge on any atom is 0.146 e. The molecule has 0 saturated heterocycles. The second-order valence-corrected chi connectivity index (χ2v) is 5.85. The van der Waals surface area contributed by atoms with Crippen LogP contribution in [0.2, 0.25) is 0 Å². The molecule has 4 nitrogen and oxygen atoms in total. The van der Waals surface area contributed by atoms with E-state index in [-0.39, 0.29) is 6.04 Å². The van der Waals surface area contributed by atoms with Crippen LogP contribution in [0.3, 0.4) is 0 Å². The molecule has 2 heterocycles. The van der Waals surface area contributed by atoms with Gasteiger partial charge in [0.15, 0.2) is 0 Å². The first-order chi connectivity index (χ1) is 10.3. The van der Waals surface area contributed by atoms with Crippen molar-refractivity contribution in [3.05, 3.63) is 40.6 Å². The minimum Gasteiger partial charge on any atom is -0.494 e. The van der Waals surface area contributed by atoms with Gasteiger partial charge in [0, 0.05) is 11.6 Å². The summed E-state index contributed by atoms with van der Waals surface area (Å²) in [5.74, 6) is 1.98. The molecule has 6 heteroatoms. The summed E-state index contributed by atoms with van der Waals surface area (Å²) < 4.78 is 7.60. The van der Waals surface area contributed by atoms with E-state index in [1.807, 2.05) is 23.7 Å². The number of thiazole rings is 1. The highest BCUT2D eigenvalue weighted by atomic mass is 35.5. The molecule has 0 spiro atoms. The summed E-state index contributed by atoms with van der Waals surface area (Å²) in [6, 6.07) is 6.10. The molecule has 3 aromatic rings. The van der Waals surface area contributed by atoms with E-state index in [4.69, 9.17) is 16.3 Å². The van der Waals surface area contributed by atoms with E-state index in [0.29, 0.717) is 5.88 Å². The SMILES string of the molecule is CCC(c1nccs1)n1c(CCl)nc2c(OC)cccc21. The summed E-state index contributed by atoms with van der Waals surface area (Å²) in [6.07, 6.45) is 2.77. The van der Waals surface area contributed by atoms with Gasteiger partial charge in [0.25, 0.3) is 0 Å². The first-order valence-electron chi connectivity index (χ1n) is 6.79. The predicted molar refractivity (Wildman–Crippen MR) is 86.4 cm³/mol. The summed E-state index contributed by atoms with van der Waals surface area (Å²) in [5.41, 5.74) is 1.89. The molecule has 0 radical (unpaired) electrons. The van der Waals surface area contributed by atoms with Gasteiger partial charge in [-0.1, -0.05) is 13.0 Å². The third-order valence-corrected chi connectivity index (χ3v) is 4.65. The van der Waals surface area contributed by atoms with Crippen LogP contribution >= 0.6 is 22.9 Å². The lowest BCUT2D eigenvalue weighted by Gasteiger charge is -2.17. The molecule has 1 unspecified atom stereocenters. The Morgan fingerprint density at radius 2 is 2.29 bits per heavy atom. The van der Waals surface area contributed by atoms with Crippen LogP contribution < -0.4 is 4.74 Å². The van der Waals surface area contributed by atoms with Crippen LogP contribution in [0.4, 0.5) is 0 Å². The minimum absolute atomic E-state index is 0.149. The van der Waals surface area contributed by atoms with Gasteiger partial charge < -0.3 is 9.30 Å². The lowest BCUT2D eigenvalue weighted by Crippen LogP contribution is -2.12. The minimum atomic E-state index is 0.149. The van der Waals surface area contributed by atoms with E-state index in [1.165, 1.54) is 0 Å². The van der Waals surface area contributed by atoms with Gasteiger partial charge in [0.2, 0.25) is 0 Å². The molecule has 2 aromatic heterocycles. The van der Waals surface area contributed by atoms with Crippen LogP contribution in [0.1, 0.15) is 30.2 Å². The number of methoxy groups -OCH3 is 1. The van der Waals surface area contributed by atoms with Crippen LogP contribution in [0, 0.1) is 0 Å². The van der Waals surface area contributed by atoms with Crippen molar-refractivity contribution >= 4 is 34.0 Å². The molecule has 0 amide bonds. The first-order valence-corrected chi connectivity index (χ1v) is 8.20. The fraction of sp³-hybridized carbons (Fsp3) is 0.333. The zero-order chi connectivity index (χ0) is 14.8. The number of aromatic nitrogens is 3. The Morgan fingerprint density at radius 1 is 1.43 bits per heavy atom. The third-order valence-electron chi connectivity index (χ3n) is 3.53. The smallest absolute Gasteiger partial charge is 0.146 e. The fourth-order valence-corrected chi connectivity index (χ4v) is 3.61. The Kier molecular flexibility index (Phi) is 4.12. The molecule has 21 heavy (non-hydrogen) atoms. The number of imidazole rings is 1. The number of fused-ring (bicyclic) bond motifs is 1. The Labute approximate surface area is 132 Å². The summed E-state index contributed by atoms with van der Waals surface area (Å²) >= 11 is 7.78. The lowest BCUT2D eigenvalue weighted by atomic mass is 10.2. The number of hydrogen-bond donors (Lipinski definition) is 0. The highest BCUT2D eigenvalue weighted by Gasteiger charge is 2.22. The standard InChI is InChI=1S/C15H16ClN3OS/c1-3-10(15-17-7-8-21-15)19-11-5-4-6-12(20-2)14(11)18-13(19)9-16/h4-8,10H,3,9H2,1-2H3. The molecule has 0 fully saturated rings. The number of ether oxygens (including phenoxy) is 1. The van der Waals surface area contributed by atoms with Crippen molar-refractivity contribution in [1.29, 1.82) is 0 Å². The molecule has 3 rings (SSSR count). The molecule has 1 aromatic carbocycles. The highest BCUT2D eigenvalue weighted by Crippen LogP contribution is 2.33. The van der Waals surface area contributed by atoms with Crippen LogP contribution in [0.25, 0.3) is 11.0 Å². The van der Waals surface area contributed by atoms with E-state index < -0.39 is 0 Å². The van der Waals surface area contributed by atoms with Crippen molar-refractivity contribution in [2.45, 2.75) is 25.3 Å². The number of para-hydroxylation sites is 1. The summed E-state index contributed by atoms with van der Waals surface area (Å²) in [5, 5.41) is 3.07. The fourth-order valence-electron chi connectivity index (χ4n) is 2.61. The maximum absolute atomic E-state index is 6.12. The van der Waals surface area contributed by atoms with Gasteiger partial charge in [-0.25, -0.2) is 9.97 Å². The second kappa shape index (κ2) is 6.03. The molecule has 110 valence electrons. The molecule has 0 aliphatic rings. The van der Waals surface area contributed by atoms with Gasteiger partial charge in [0.1, 0.15) is 22.1 Å². The highest BCUT2D eigenvalue weighted by molar-refractivity contribution is 7.09. The van der Waals surface area contributed by atoms with Crippen molar-refractivity contribution in [3.8, 4) is 5.75 Å². The molecule has 1 atom stereocenters. The molecule has 0 N–H and O–H groups in total. The van der Waals surface area contributed by atoms with Gasteiger partial charge in [-0.2, -0.15) is 0 Å². The normalized spacial score (nSPS) is 12.7. The summed E-state index contributed by atoms with van der Waals surface area (Å²) in [4.78, 5) is 9.13. The number of alkyl halides is 1. The number of rotatable bonds is 5. The van der Waals surface area contributed by atoms with Gasteiger partial charge in [-0.15, -0.1) is 22.9 Å². The average molecular weight is 322 g/mol. The van der Waals surface area contributed by atoms with Gasteiger partial charge >= 0.3 is 0 Å². The van der Waals surface area contributed by atoms with Crippen LogP contribution in [-0.4, -0.2) is 21.6 Å². The van der Waals surface area contributed by atoms with Crippen molar-refractivity contribution in [2.24, 2.45) is 0 Å². The molecular formula is C15H16ClN3OS. The molecule has 0 aliphatic heterocycles. The maximum atomic E-state index is 6.12. The third kappa shape index (κ3) is 2.40. The molecule has 0 saturated carbocycles. The largest absolute Gasteiger partial charge is 0.494 e. The number of benzene rings is 1. The van der Waals surface area contributed by atoms with E-state index in [0.717, 1.165) is 34.0 Å². The van der Waals surface area contributed by atoms with E-state index in [2.05, 4.69) is 27.5 Å². The van der Waals surface area contributed by atoms with Crippen LogP contribution in [0.15, 0.2) is 29.8 Å². The Bertz CT molecular complexity index is 739. The van der Waals surface area contributed by atoms with Crippen molar-refractivity contribution in [2.75, 3.05) is 7.11 Å². The van der Waals surface area contributed by atoms with Gasteiger partial charge in [-0.05, 0) is 18.6 Å². The van der Waals surface area contributed by atoms with Crippen LogP contribution in [0.5, 0.6) is 5.75 Å². The summed E-state index contributed by atoms with van der Waals surface area (Å²) in [6.45, 7) is 2.15. The Morgan fingerprint density at radius 3 is 2.90 bits per heavy atom. The molecular weight excluding hydrogens is 306 g/mol. The predicted octanol–water partition coefficient (Wildman–Crippen LogP) is 4.24. The first kappa shape index (κ1) is 14.4. The van der Waals surface area contributed by atoms with E-state index >= 15 is 0 Å². The second-order valence-electron chi connectivity index (χ2n) is 4.65. The zero-order valence-corrected chi connectivity index (χ0v) is 13.5. The lowest BCUT2D eigenvalue weighted by molar-refractivity contribution is 0.419. The van der Waals surface area contributed by atoms with Crippen molar-refractivity contribution in [3.63, 3.8) is 0 Å². The quantitative estimate of drug-likeness (QED) is 0.660. The topological polar surface area (TPSA) is 39.9 Å².